The maximum Gasteiger partial charge on any atom is 0.471 e. The molecule has 0 bridgehead atoms. The first-order chi connectivity index (χ1) is 7.75. The van der Waals surface area contributed by atoms with Crippen LogP contribution in [0.15, 0.2) is 0 Å². The fourth-order valence-electron chi connectivity index (χ4n) is 2.07. The number of carbonyl (C=O) groups excluding carboxylic acids is 1. The Kier molecular flexibility index (Phi) is 3.63. The largest absolute Gasteiger partial charge is 0.479 e. The number of rotatable bonds is 3. The minimum atomic E-state index is -5.14. The van der Waals surface area contributed by atoms with Crippen molar-refractivity contribution in [3.63, 3.8) is 0 Å². The summed E-state index contributed by atoms with van der Waals surface area (Å²) in [5.74, 6) is -3.81. The number of nitrogens with zero attached hydrogens (tertiary/aromatic N) is 1. The maximum absolute atomic E-state index is 12.3. The highest BCUT2D eigenvalue weighted by Gasteiger charge is 2.55. The molecule has 17 heavy (non-hydrogen) atoms. The van der Waals surface area contributed by atoms with Crippen LogP contribution < -0.4 is 0 Å². The third kappa shape index (κ3) is 2.34. The maximum atomic E-state index is 12.3. The van der Waals surface area contributed by atoms with Gasteiger partial charge in [0.15, 0.2) is 0 Å². The van der Waals surface area contributed by atoms with Gasteiger partial charge in [-0.2, -0.15) is 13.2 Å². The van der Waals surface area contributed by atoms with E-state index in [0.29, 0.717) is 0 Å². The summed E-state index contributed by atoms with van der Waals surface area (Å²) < 4.78 is 49.1. The number of alkyl halides is 4. The molecule has 1 fully saturated rings. The van der Waals surface area contributed by atoms with Crippen LogP contribution in [-0.4, -0.2) is 46.8 Å². The van der Waals surface area contributed by atoms with E-state index in [-0.39, 0.29) is 24.3 Å². The molecule has 4 nitrogen and oxygen atoms in total. The minimum absolute atomic E-state index is 0.119. The van der Waals surface area contributed by atoms with Gasteiger partial charge in [-0.1, -0.05) is 0 Å². The number of hydrogen-bond acceptors (Lipinski definition) is 2. The molecule has 0 aliphatic carbocycles. The molecule has 8 heteroatoms. The van der Waals surface area contributed by atoms with Crippen LogP contribution >= 0.6 is 0 Å². The first kappa shape index (κ1) is 13.7. The molecule has 0 aromatic heterocycles. The second-order valence-corrected chi connectivity index (χ2v) is 3.83. The van der Waals surface area contributed by atoms with Crippen molar-refractivity contribution in [2.45, 2.75) is 31.0 Å². The normalized spacial score (nSPS) is 25.1. The molecule has 0 aromatic carbocycles. The zero-order chi connectivity index (χ0) is 13.3. The highest BCUT2D eigenvalue weighted by atomic mass is 19.4. The van der Waals surface area contributed by atoms with Crippen LogP contribution in [0.2, 0.25) is 0 Å². The molecule has 98 valence electrons. The number of halogens is 4. The van der Waals surface area contributed by atoms with Gasteiger partial charge in [0.2, 0.25) is 0 Å². The summed E-state index contributed by atoms with van der Waals surface area (Å²) in [4.78, 5) is 22.3. The quantitative estimate of drug-likeness (QED) is 0.776. The average molecular weight is 257 g/mol. The van der Waals surface area contributed by atoms with Crippen LogP contribution in [0, 0.1) is 0 Å². The summed E-state index contributed by atoms with van der Waals surface area (Å²) in [6.07, 6.45) is -5.80. The van der Waals surface area contributed by atoms with Crippen molar-refractivity contribution in [2.75, 3.05) is 13.2 Å². The predicted octanol–water partition coefficient (Wildman–Crippen LogP) is 1.35. The van der Waals surface area contributed by atoms with Gasteiger partial charge in [0.25, 0.3) is 0 Å². The number of aliphatic carboxylic acids is 1. The van der Waals surface area contributed by atoms with Gasteiger partial charge < -0.3 is 10.0 Å². The molecule has 1 saturated heterocycles. The molecule has 0 radical (unpaired) electrons. The van der Waals surface area contributed by atoms with Gasteiger partial charge in [0.1, 0.15) is 5.54 Å². The molecule has 1 unspecified atom stereocenters. The first-order valence-corrected chi connectivity index (χ1v) is 4.94. The zero-order valence-corrected chi connectivity index (χ0v) is 8.76. The number of carbonyl (C=O) groups is 2. The van der Waals surface area contributed by atoms with Gasteiger partial charge in [0.05, 0.1) is 6.67 Å². The lowest BCUT2D eigenvalue weighted by molar-refractivity contribution is -0.193. The van der Waals surface area contributed by atoms with Gasteiger partial charge >= 0.3 is 18.1 Å². The summed E-state index contributed by atoms with van der Waals surface area (Å²) >= 11 is 0. The van der Waals surface area contributed by atoms with Gasteiger partial charge in [0, 0.05) is 13.0 Å². The molecule has 1 aliphatic rings. The second kappa shape index (κ2) is 4.50. The Hall–Kier alpha value is -1.34. The lowest BCUT2D eigenvalue weighted by Crippen LogP contribution is -2.56. The molecule has 0 saturated carbocycles. The molecule has 0 aromatic rings. The van der Waals surface area contributed by atoms with Crippen molar-refractivity contribution in [2.24, 2.45) is 0 Å². The Morgan fingerprint density at radius 2 is 1.94 bits per heavy atom. The molecule has 1 amide bonds. The van der Waals surface area contributed by atoms with Crippen molar-refractivity contribution < 1.29 is 32.3 Å². The van der Waals surface area contributed by atoms with Crippen molar-refractivity contribution in [3.8, 4) is 0 Å². The summed E-state index contributed by atoms with van der Waals surface area (Å²) in [5, 5.41) is 8.95. The Morgan fingerprint density at radius 3 is 2.35 bits per heavy atom. The number of carboxylic acid groups (broad SMARTS) is 1. The van der Waals surface area contributed by atoms with Gasteiger partial charge in [-0.05, 0) is 12.8 Å². The molecular formula is C9H11F4NO3. The van der Waals surface area contributed by atoms with Crippen LogP contribution in [0.3, 0.4) is 0 Å². The van der Waals surface area contributed by atoms with Crippen LogP contribution in [0.1, 0.15) is 19.3 Å². The Bertz CT molecular complexity index is 331. The monoisotopic (exact) mass is 257 g/mol. The third-order valence-electron chi connectivity index (χ3n) is 2.88. The van der Waals surface area contributed by atoms with Crippen LogP contribution in [-0.2, 0) is 9.59 Å². The molecule has 1 atom stereocenters. The molecular weight excluding hydrogens is 246 g/mol. The van der Waals surface area contributed by atoms with Crippen molar-refractivity contribution >= 4 is 11.9 Å². The van der Waals surface area contributed by atoms with Crippen LogP contribution in [0.5, 0.6) is 0 Å². The minimum Gasteiger partial charge on any atom is -0.479 e. The Balaban J connectivity index is 3.05. The van der Waals surface area contributed by atoms with E-state index in [1.807, 2.05) is 0 Å². The van der Waals surface area contributed by atoms with Gasteiger partial charge in [-0.25, -0.2) is 4.79 Å². The van der Waals surface area contributed by atoms with Crippen molar-refractivity contribution in [3.05, 3.63) is 0 Å². The summed E-state index contributed by atoms with van der Waals surface area (Å²) in [6, 6.07) is 0. The molecule has 1 heterocycles. The Labute approximate surface area is 94.2 Å². The van der Waals surface area contributed by atoms with E-state index in [1.54, 1.807) is 0 Å². The van der Waals surface area contributed by atoms with Crippen molar-refractivity contribution in [1.82, 2.24) is 4.90 Å². The highest BCUT2D eigenvalue weighted by molar-refractivity contribution is 5.90. The molecule has 1 aliphatic heterocycles. The van der Waals surface area contributed by atoms with Gasteiger partial charge in [-0.15, -0.1) is 0 Å². The van der Waals surface area contributed by atoms with E-state index >= 15 is 0 Å². The number of carboxylic acids is 1. The standard InChI is InChI=1S/C9H11F4NO3/c10-4-3-8(7(16)17)2-1-5-14(8)6(15)9(11,12)13/h1-5H2,(H,16,17). The molecule has 0 spiro atoms. The van der Waals surface area contributed by atoms with Crippen LogP contribution in [0.25, 0.3) is 0 Å². The summed E-state index contributed by atoms with van der Waals surface area (Å²) in [6.45, 7) is -1.40. The van der Waals surface area contributed by atoms with Gasteiger partial charge in [-0.3, -0.25) is 9.18 Å². The Morgan fingerprint density at radius 1 is 1.35 bits per heavy atom. The van der Waals surface area contributed by atoms with E-state index in [1.165, 1.54) is 0 Å². The number of amides is 1. The van der Waals surface area contributed by atoms with E-state index in [4.69, 9.17) is 5.11 Å². The SMILES string of the molecule is O=C(N1CCCC1(CCF)C(=O)O)C(F)(F)F. The third-order valence-corrected chi connectivity index (χ3v) is 2.88. The second-order valence-electron chi connectivity index (χ2n) is 3.83. The van der Waals surface area contributed by atoms with E-state index in [0.717, 1.165) is 0 Å². The zero-order valence-electron chi connectivity index (χ0n) is 8.76. The van der Waals surface area contributed by atoms with E-state index < -0.39 is 36.7 Å². The average Bonchev–Trinajstić information content (AvgIpc) is 2.60. The predicted molar refractivity (Wildman–Crippen MR) is 48.0 cm³/mol. The number of likely N-dealkylation sites (tertiary alicyclic amines) is 1. The fraction of sp³-hybridized carbons (Fsp3) is 0.778. The lowest BCUT2D eigenvalue weighted by atomic mass is 9.92. The smallest absolute Gasteiger partial charge is 0.471 e. The molecule has 1 rings (SSSR count). The van der Waals surface area contributed by atoms with Crippen LogP contribution in [0.4, 0.5) is 17.6 Å². The number of hydrogen-bond donors (Lipinski definition) is 1. The van der Waals surface area contributed by atoms with E-state index in [2.05, 4.69) is 0 Å². The highest BCUT2D eigenvalue weighted by Crippen LogP contribution is 2.36. The van der Waals surface area contributed by atoms with E-state index in [9.17, 15) is 27.2 Å². The summed E-state index contributed by atoms with van der Waals surface area (Å²) in [5.41, 5.74) is -2.05. The topological polar surface area (TPSA) is 57.6 Å². The first-order valence-electron chi connectivity index (χ1n) is 4.94. The molecule has 1 N–H and O–H groups in total. The summed E-state index contributed by atoms with van der Waals surface area (Å²) in [7, 11) is 0. The lowest BCUT2D eigenvalue weighted by Gasteiger charge is -2.34. The fourth-order valence-corrected chi connectivity index (χ4v) is 2.07. The van der Waals surface area contributed by atoms with Crippen molar-refractivity contribution in [1.29, 1.82) is 0 Å².